The highest BCUT2D eigenvalue weighted by molar-refractivity contribution is 5.78. The lowest BCUT2D eigenvalue weighted by atomic mass is 10.1. The SMILES string of the molecule is CCn1cnc2c1CN(CC(=O)NCCCN1CCOCC1)CC2. The van der Waals surface area contributed by atoms with Gasteiger partial charge in [-0.3, -0.25) is 14.6 Å². The van der Waals surface area contributed by atoms with Gasteiger partial charge in [-0.25, -0.2) is 4.98 Å². The van der Waals surface area contributed by atoms with E-state index in [4.69, 9.17) is 4.74 Å². The first kappa shape index (κ1) is 17.4. The Bertz CT molecular complexity index is 526. The topological polar surface area (TPSA) is 62.6 Å². The molecular weight excluding hydrogens is 306 g/mol. The van der Waals surface area contributed by atoms with E-state index in [1.165, 1.54) is 11.4 Å². The van der Waals surface area contributed by atoms with E-state index in [0.717, 1.165) is 71.9 Å². The molecule has 2 aliphatic rings. The first-order valence-corrected chi connectivity index (χ1v) is 9.08. The van der Waals surface area contributed by atoms with Crippen LogP contribution < -0.4 is 5.32 Å². The predicted molar refractivity (Wildman–Crippen MR) is 91.8 cm³/mol. The number of fused-ring (bicyclic) bond motifs is 1. The maximum absolute atomic E-state index is 12.2. The van der Waals surface area contributed by atoms with Gasteiger partial charge in [0, 0.05) is 45.7 Å². The van der Waals surface area contributed by atoms with E-state index in [-0.39, 0.29) is 5.91 Å². The van der Waals surface area contributed by atoms with E-state index >= 15 is 0 Å². The van der Waals surface area contributed by atoms with Crippen LogP contribution in [0.25, 0.3) is 0 Å². The van der Waals surface area contributed by atoms with Crippen LogP contribution in [0.15, 0.2) is 6.33 Å². The van der Waals surface area contributed by atoms with E-state index in [0.29, 0.717) is 6.54 Å². The maximum atomic E-state index is 12.2. The highest BCUT2D eigenvalue weighted by Crippen LogP contribution is 2.17. The number of amides is 1. The largest absolute Gasteiger partial charge is 0.379 e. The lowest BCUT2D eigenvalue weighted by Crippen LogP contribution is -2.41. The summed E-state index contributed by atoms with van der Waals surface area (Å²) in [6.07, 6.45) is 3.85. The number of nitrogens with zero attached hydrogens (tertiary/aromatic N) is 4. The molecule has 0 aromatic carbocycles. The molecule has 1 amide bonds. The number of nitrogens with one attached hydrogen (secondary N) is 1. The van der Waals surface area contributed by atoms with Gasteiger partial charge in [0.25, 0.3) is 0 Å². The van der Waals surface area contributed by atoms with E-state index in [1.54, 1.807) is 0 Å². The molecule has 24 heavy (non-hydrogen) atoms. The van der Waals surface area contributed by atoms with Crippen molar-refractivity contribution in [1.82, 2.24) is 24.7 Å². The summed E-state index contributed by atoms with van der Waals surface area (Å²) in [6, 6.07) is 0. The van der Waals surface area contributed by atoms with Crippen LogP contribution in [0.1, 0.15) is 24.7 Å². The van der Waals surface area contributed by atoms with Gasteiger partial charge in [-0.15, -0.1) is 0 Å². The second-order valence-corrected chi connectivity index (χ2v) is 6.54. The minimum Gasteiger partial charge on any atom is -0.379 e. The number of hydrogen-bond acceptors (Lipinski definition) is 5. The van der Waals surface area contributed by atoms with Gasteiger partial charge in [0.05, 0.1) is 37.5 Å². The van der Waals surface area contributed by atoms with Gasteiger partial charge in [0.15, 0.2) is 0 Å². The summed E-state index contributed by atoms with van der Waals surface area (Å²) in [7, 11) is 0. The molecule has 0 aliphatic carbocycles. The molecular formula is C17H29N5O2. The second-order valence-electron chi connectivity index (χ2n) is 6.54. The summed E-state index contributed by atoms with van der Waals surface area (Å²) in [5.74, 6) is 0.128. The van der Waals surface area contributed by atoms with Crippen molar-refractivity contribution in [3.05, 3.63) is 17.7 Å². The smallest absolute Gasteiger partial charge is 0.234 e. The normalized spacial score (nSPS) is 19.2. The summed E-state index contributed by atoms with van der Waals surface area (Å²) in [4.78, 5) is 21.2. The molecule has 134 valence electrons. The van der Waals surface area contributed by atoms with Crippen molar-refractivity contribution in [2.45, 2.75) is 32.9 Å². The number of aryl methyl sites for hydroxylation is 1. The van der Waals surface area contributed by atoms with Crippen molar-refractivity contribution in [3.8, 4) is 0 Å². The highest BCUT2D eigenvalue weighted by atomic mass is 16.5. The van der Waals surface area contributed by atoms with Crippen LogP contribution in [-0.4, -0.2) is 77.7 Å². The van der Waals surface area contributed by atoms with Gasteiger partial charge < -0.3 is 14.6 Å². The Morgan fingerprint density at radius 3 is 2.92 bits per heavy atom. The molecule has 1 aromatic heterocycles. The van der Waals surface area contributed by atoms with Crippen molar-refractivity contribution >= 4 is 5.91 Å². The highest BCUT2D eigenvalue weighted by Gasteiger charge is 2.22. The van der Waals surface area contributed by atoms with Crippen molar-refractivity contribution < 1.29 is 9.53 Å². The number of hydrogen-bond donors (Lipinski definition) is 1. The first-order valence-electron chi connectivity index (χ1n) is 9.08. The molecule has 1 aromatic rings. The third-order valence-electron chi connectivity index (χ3n) is 4.86. The number of rotatable bonds is 7. The van der Waals surface area contributed by atoms with Crippen molar-refractivity contribution in [2.75, 3.05) is 52.5 Å². The summed E-state index contributed by atoms with van der Waals surface area (Å²) in [6.45, 7) is 10.7. The zero-order valence-electron chi connectivity index (χ0n) is 14.7. The molecule has 1 N–H and O–H groups in total. The van der Waals surface area contributed by atoms with Crippen molar-refractivity contribution in [1.29, 1.82) is 0 Å². The predicted octanol–water partition coefficient (Wildman–Crippen LogP) is 0.0996. The van der Waals surface area contributed by atoms with E-state index in [1.807, 2.05) is 6.33 Å². The fraction of sp³-hybridized carbons (Fsp3) is 0.765. The maximum Gasteiger partial charge on any atom is 0.234 e. The number of carbonyl (C=O) groups excluding carboxylic acids is 1. The summed E-state index contributed by atoms with van der Waals surface area (Å²) < 4.78 is 7.52. The van der Waals surface area contributed by atoms with Gasteiger partial charge in [0.1, 0.15) is 0 Å². The molecule has 0 spiro atoms. The standard InChI is InChI=1S/C17H29N5O2/c1-2-22-14-19-15-4-7-21(12-16(15)22)13-17(23)18-5-3-6-20-8-10-24-11-9-20/h14H,2-13H2,1H3,(H,18,23). The Hall–Kier alpha value is -1.44. The fourth-order valence-corrected chi connectivity index (χ4v) is 3.42. The monoisotopic (exact) mass is 335 g/mol. The number of morpholine rings is 1. The van der Waals surface area contributed by atoms with Crippen molar-refractivity contribution in [3.63, 3.8) is 0 Å². The van der Waals surface area contributed by atoms with E-state index < -0.39 is 0 Å². The zero-order valence-corrected chi connectivity index (χ0v) is 14.7. The molecule has 7 nitrogen and oxygen atoms in total. The molecule has 7 heteroatoms. The minimum atomic E-state index is 0.128. The van der Waals surface area contributed by atoms with Crippen LogP contribution in [0.2, 0.25) is 0 Å². The average molecular weight is 335 g/mol. The third-order valence-corrected chi connectivity index (χ3v) is 4.86. The lowest BCUT2D eigenvalue weighted by molar-refractivity contribution is -0.122. The molecule has 3 rings (SSSR count). The Morgan fingerprint density at radius 1 is 1.29 bits per heavy atom. The Morgan fingerprint density at radius 2 is 2.12 bits per heavy atom. The van der Waals surface area contributed by atoms with Gasteiger partial charge in [0.2, 0.25) is 5.91 Å². The van der Waals surface area contributed by atoms with Crippen LogP contribution in [0.5, 0.6) is 0 Å². The Balaban J connectivity index is 1.35. The van der Waals surface area contributed by atoms with Crippen LogP contribution >= 0.6 is 0 Å². The molecule has 0 saturated carbocycles. The molecule has 1 fully saturated rings. The van der Waals surface area contributed by atoms with Crippen LogP contribution in [0, 0.1) is 0 Å². The first-order chi connectivity index (χ1) is 11.8. The van der Waals surface area contributed by atoms with Gasteiger partial charge in [-0.1, -0.05) is 0 Å². The van der Waals surface area contributed by atoms with Crippen LogP contribution in [0.4, 0.5) is 0 Å². The second kappa shape index (κ2) is 8.60. The van der Waals surface area contributed by atoms with Gasteiger partial charge in [-0.05, 0) is 19.9 Å². The van der Waals surface area contributed by atoms with Gasteiger partial charge >= 0.3 is 0 Å². The van der Waals surface area contributed by atoms with Crippen LogP contribution in [0.3, 0.4) is 0 Å². The molecule has 0 atom stereocenters. The summed E-state index contributed by atoms with van der Waals surface area (Å²) in [5.41, 5.74) is 2.46. The number of carbonyl (C=O) groups is 1. The molecule has 1 saturated heterocycles. The van der Waals surface area contributed by atoms with Gasteiger partial charge in [-0.2, -0.15) is 0 Å². The zero-order chi connectivity index (χ0) is 16.8. The lowest BCUT2D eigenvalue weighted by Gasteiger charge is -2.27. The molecule has 3 heterocycles. The number of aromatic nitrogens is 2. The Labute approximate surface area is 144 Å². The Kier molecular flexibility index (Phi) is 6.23. The molecule has 2 aliphatic heterocycles. The quantitative estimate of drug-likeness (QED) is 0.716. The number of ether oxygens (including phenoxy) is 1. The minimum absolute atomic E-state index is 0.128. The summed E-state index contributed by atoms with van der Waals surface area (Å²) in [5, 5.41) is 3.05. The molecule has 0 radical (unpaired) electrons. The van der Waals surface area contributed by atoms with E-state index in [9.17, 15) is 4.79 Å². The van der Waals surface area contributed by atoms with Crippen LogP contribution in [-0.2, 0) is 29.0 Å². The van der Waals surface area contributed by atoms with E-state index in [2.05, 4.69) is 31.6 Å². The third kappa shape index (κ3) is 4.55. The molecule has 0 unspecified atom stereocenters. The fourth-order valence-electron chi connectivity index (χ4n) is 3.42. The number of imidazole rings is 1. The van der Waals surface area contributed by atoms with Crippen molar-refractivity contribution in [2.24, 2.45) is 0 Å². The summed E-state index contributed by atoms with van der Waals surface area (Å²) >= 11 is 0. The molecule has 0 bridgehead atoms. The average Bonchev–Trinajstić information content (AvgIpc) is 3.02.